The van der Waals surface area contributed by atoms with E-state index in [0.29, 0.717) is 17.0 Å². The second kappa shape index (κ2) is 5.74. The first-order valence-electron chi connectivity index (χ1n) is 6.56. The van der Waals surface area contributed by atoms with Crippen LogP contribution in [-0.2, 0) is 4.74 Å². The second-order valence-corrected chi connectivity index (χ2v) is 4.69. The highest BCUT2D eigenvalue weighted by molar-refractivity contribution is 5.76. The zero-order valence-electron chi connectivity index (χ0n) is 11.2. The summed E-state index contributed by atoms with van der Waals surface area (Å²) in [5.41, 5.74) is 0.859. The largest absolute Gasteiger partial charge is 0.472 e. The van der Waals surface area contributed by atoms with Crippen LogP contribution in [0.15, 0.2) is 25.3 Å². The highest BCUT2D eigenvalue weighted by atomic mass is 19.1. The summed E-state index contributed by atoms with van der Waals surface area (Å²) in [6.45, 7) is 3.64. The maximum atomic E-state index is 14.0. The van der Waals surface area contributed by atoms with Gasteiger partial charge in [0.15, 0.2) is 17.4 Å². The molecule has 0 amide bonds. The lowest BCUT2D eigenvalue weighted by atomic mass is 10.2. The van der Waals surface area contributed by atoms with Crippen LogP contribution in [0.5, 0.6) is 5.88 Å². The van der Waals surface area contributed by atoms with Gasteiger partial charge in [0.25, 0.3) is 0 Å². The van der Waals surface area contributed by atoms with Crippen LogP contribution < -0.4 is 4.74 Å². The first-order valence-corrected chi connectivity index (χ1v) is 6.56. The predicted octanol–water partition coefficient (Wildman–Crippen LogP) is 1.01. The standard InChI is InChI=1S/C13H15FN4O3/c1-2-3-20-12-10-11(15-6-16-12)18(7-17-10)13-9(14)4-8(5-19)21-13/h2,6-9,13,19H,1,3-5H2/t8-,9+,13?/m0/s1. The molecule has 1 aliphatic rings. The number of nitrogens with zero attached hydrogens (tertiary/aromatic N) is 4. The zero-order chi connectivity index (χ0) is 14.8. The predicted molar refractivity (Wildman–Crippen MR) is 71.5 cm³/mol. The number of halogens is 1. The normalized spacial score (nSPS) is 25.3. The lowest BCUT2D eigenvalue weighted by Crippen LogP contribution is -2.16. The number of aliphatic hydroxyl groups excluding tert-OH is 1. The average molecular weight is 294 g/mol. The first kappa shape index (κ1) is 13.9. The highest BCUT2D eigenvalue weighted by Gasteiger charge is 2.37. The molecule has 1 fully saturated rings. The van der Waals surface area contributed by atoms with Gasteiger partial charge in [-0.15, -0.1) is 0 Å². The van der Waals surface area contributed by atoms with E-state index >= 15 is 0 Å². The van der Waals surface area contributed by atoms with Crippen molar-refractivity contribution >= 4 is 11.2 Å². The summed E-state index contributed by atoms with van der Waals surface area (Å²) in [5.74, 6) is 0.311. The van der Waals surface area contributed by atoms with Crippen molar-refractivity contribution < 1.29 is 19.0 Å². The van der Waals surface area contributed by atoms with Crippen LogP contribution in [0.4, 0.5) is 4.39 Å². The summed E-state index contributed by atoms with van der Waals surface area (Å²) in [7, 11) is 0. The SMILES string of the molecule is C=CCOc1ncnc2c1ncn2C1O[C@H](CO)C[C@H]1F. The van der Waals surface area contributed by atoms with Gasteiger partial charge < -0.3 is 14.6 Å². The quantitative estimate of drug-likeness (QED) is 0.829. The molecule has 0 saturated carbocycles. The maximum absolute atomic E-state index is 14.0. The third-order valence-corrected chi connectivity index (χ3v) is 3.27. The number of hydrogen-bond acceptors (Lipinski definition) is 6. The molecule has 3 heterocycles. The van der Waals surface area contributed by atoms with Gasteiger partial charge in [0, 0.05) is 6.42 Å². The van der Waals surface area contributed by atoms with Crippen molar-refractivity contribution in [1.29, 1.82) is 0 Å². The van der Waals surface area contributed by atoms with E-state index in [9.17, 15) is 4.39 Å². The van der Waals surface area contributed by atoms with Gasteiger partial charge in [-0.2, -0.15) is 4.98 Å². The minimum Gasteiger partial charge on any atom is -0.472 e. The van der Waals surface area contributed by atoms with E-state index in [4.69, 9.17) is 14.6 Å². The van der Waals surface area contributed by atoms with Crippen molar-refractivity contribution in [3.8, 4) is 5.88 Å². The molecule has 1 unspecified atom stereocenters. The Kier molecular flexibility index (Phi) is 3.80. The molecule has 2 aromatic heterocycles. The minimum absolute atomic E-state index is 0.145. The van der Waals surface area contributed by atoms with E-state index in [2.05, 4.69) is 21.5 Å². The first-order chi connectivity index (χ1) is 10.2. The number of aromatic nitrogens is 4. The van der Waals surface area contributed by atoms with Gasteiger partial charge in [0.05, 0.1) is 19.0 Å². The average Bonchev–Trinajstić information content (AvgIpc) is 3.08. The maximum Gasteiger partial charge on any atom is 0.245 e. The van der Waals surface area contributed by atoms with Gasteiger partial charge in [-0.1, -0.05) is 12.7 Å². The Morgan fingerprint density at radius 1 is 1.52 bits per heavy atom. The summed E-state index contributed by atoms with van der Waals surface area (Å²) in [5, 5.41) is 9.08. The minimum atomic E-state index is -1.23. The molecule has 0 radical (unpaired) electrons. The Hall–Kier alpha value is -2.06. The van der Waals surface area contributed by atoms with E-state index < -0.39 is 18.5 Å². The van der Waals surface area contributed by atoms with Crippen molar-refractivity contribution in [2.45, 2.75) is 24.9 Å². The highest BCUT2D eigenvalue weighted by Crippen LogP contribution is 2.33. The number of imidazole rings is 1. The third kappa shape index (κ3) is 2.47. The van der Waals surface area contributed by atoms with Gasteiger partial charge in [0.1, 0.15) is 19.1 Å². The fraction of sp³-hybridized carbons (Fsp3) is 0.462. The fourth-order valence-electron chi connectivity index (χ4n) is 2.32. The molecule has 1 aliphatic heterocycles. The molecule has 21 heavy (non-hydrogen) atoms. The Morgan fingerprint density at radius 2 is 2.38 bits per heavy atom. The van der Waals surface area contributed by atoms with E-state index in [-0.39, 0.29) is 19.6 Å². The zero-order valence-corrected chi connectivity index (χ0v) is 11.2. The molecule has 0 spiro atoms. The molecule has 7 nitrogen and oxygen atoms in total. The Labute approximate surface area is 120 Å². The monoisotopic (exact) mass is 294 g/mol. The second-order valence-electron chi connectivity index (χ2n) is 4.69. The molecule has 1 N–H and O–H groups in total. The number of hydrogen-bond donors (Lipinski definition) is 1. The van der Waals surface area contributed by atoms with Gasteiger partial charge >= 0.3 is 0 Å². The Morgan fingerprint density at radius 3 is 3.10 bits per heavy atom. The summed E-state index contributed by atoms with van der Waals surface area (Å²) < 4.78 is 26.4. The molecule has 3 atom stereocenters. The Bertz CT molecular complexity index is 647. The molecule has 1 saturated heterocycles. The van der Waals surface area contributed by atoms with Gasteiger partial charge in [-0.05, 0) is 0 Å². The summed E-state index contributed by atoms with van der Waals surface area (Å²) in [4.78, 5) is 12.3. The lowest BCUT2D eigenvalue weighted by Gasteiger charge is -2.15. The van der Waals surface area contributed by atoms with Crippen molar-refractivity contribution in [3.63, 3.8) is 0 Å². The number of ether oxygens (including phenoxy) is 2. The fourth-order valence-corrected chi connectivity index (χ4v) is 2.32. The van der Waals surface area contributed by atoms with Crippen molar-refractivity contribution in [3.05, 3.63) is 25.3 Å². The van der Waals surface area contributed by atoms with Crippen LogP contribution in [0, 0.1) is 0 Å². The summed E-state index contributed by atoms with van der Waals surface area (Å²) >= 11 is 0. The van der Waals surface area contributed by atoms with Crippen LogP contribution in [-0.4, -0.2) is 50.1 Å². The number of fused-ring (bicyclic) bond motifs is 1. The molecule has 0 bridgehead atoms. The summed E-state index contributed by atoms with van der Waals surface area (Å²) in [6, 6.07) is 0. The lowest BCUT2D eigenvalue weighted by molar-refractivity contribution is -0.0351. The number of aliphatic hydroxyl groups is 1. The van der Waals surface area contributed by atoms with Crippen molar-refractivity contribution in [1.82, 2.24) is 19.5 Å². The molecule has 0 aliphatic carbocycles. The van der Waals surface area contributed by atoms with Gasteiger partial charge in [-0.3, -0.25) is 4.57 Å². The van der Waals surface area contributed by atoms with Crippen LogP contribution in [0.2, 0.25) is 0 Å². The summed E-state index contributed by atoms with van der Waals surface area (Å²) in [6.07, 6.45) is 1.91. The van der Waals surface area contributed by atoms with Crippen LogP contribution in [0.25, 0.3) is 11.2 Å². The Balaban J connectivity index is 1.95. The molecule has 2 aromatic rings. The van der Waals surface area contributed by atoms with Crippen molar-refractivity contribution in [2.24, 2.45) is 0 Å². The number of alkyl halides is 1. The van der Waals surface area contributed by atoms with Crippen LogP contribution >= 0.6 is 0 Å². The molecule has 8 heteroatoms. The van der Waals surface area contributed by atoms with E-state index in [1.165, 1.54) is 17.2 Å². The molecular formula is C13H15FN4O3. The number of rotatable bonds is 5. The van der Waals surface area contributed by atoms with E-state index in [1.807, 2.05) is 0 Å². The topological polar surface area (TPSA) is 82.3 Å². The smallest absolute Gasteiger partial charge is 0.245 e. The molecule has 3 rings (SSSR count). The molecular weight excluding hydrogens is 279 g/mol. The van der Waals surface area contributed by atoms with Gasteiger partial charge in [-0.25, -0.2) is 14.4 Å². The van der Waals surface area contributed by atoms with Gasteiger partial charge in [0.2, 0.25) is 5.88 Å². The third-order valence-electron chi connectivity index (χ3n) is 3.27. The van der Waals surface area contributed by atoms with Crippen LogP contribution in [0.3, 0.4) is 0 Å². The van der Waals surface area contributed by atoms with E-state index in [0.717, 1.165) is 0 Å². The van der Waals surface area contributed by atoms with Crippen LogP contribution in [0.1, 0.15) is 12.6 Å². The van der Waals surface area contributed by atoms with E-state index in [1.54, 1.807) is 6.08 Å². The van der Waals surface area contributed by atoms with Crippen molar-refractivity contribution in [2.75, 3.05) is 13.2 Å². The molecule has 112 valence electrons. The molecule has 0 aromatic carbocycles.